The Morgan fingerprint density at radius 2 is 1.71 bits per heavy atom. The van der Waals surface area contributed by atoms with Gasteiger partial charge < -0.3 is 5.73 Å². The van der Waals surface area contributed by atoms with Crippen LogP contribution in [0.2, 0.25) is 5.02 Å². The molecule has 0 saturated heterocycles. The molecule has 0 spiro atoms. The second-order valence-electron chi connectivity index (χ2n) is 3.81. The van der Waals surface area contributed by atoms with Gasteiger partial charge in [-0.2, -0.15) is 0 Å². The summed E-state index contributed by atoms with van der Waals surface area (Å²) in [7, 11) is 0. The largest absolute Gasteiger partial charge is 0.383 e. The van der Waals surface area contributed by atoms with Crippen LogP contribution in [0, 0.1) is 6.92 Å². The molecule has 0 aliphatic carbocycles. The van der Waals surface area contributed by atoms with Crippen LogP contribution >= 0.6 is 11.6 Å². The summed E-state index contributed by atoms with van der Waals surface area (Å²) in [5.74, 6) is 0.430. The predicted molar refractivity (Wildman–Crippen MR) is 73.0 cm³/mol. The lowest BCUT2D eigenvalue weighted by Gasteiger charge is -2.03. The summed E-state index contributed by atoms with van der Waals surface area (Å²) in [6, 6.07) is 15.3. The number of benzene rings is 2. The Balaban J connectivity index is 2.34. The first-order valence-corrected chi connectivity index (χ1v) is 5.70. The maximum Gasteiger partial charge on any atom is 0.132 e. The van der Waals surface area contributed by atoms with Crippen LogP contribution in [0.4, 0.5) is 5.69 Å². The van der Waals surface area contributed by atoms with Crippen LogP contribution in [0.25, 0.3) is 0 Å². The van der Waals surface area contributed by atoms with Gasteiger partial charge in [-0.3, -0.25) is 0 Å². The van der Waals surface area contributed by atoms with Crippen molar-refractivity contribution in [3.05, 3.63) is 64.7 Å². The molecule has 3 heteroatoms. The van der Waals surface area contributed by atoms with Crippen LogP contribution in [-0.4, -0.2) is 5.84 Å². The van der Waals surface area contributed by atoms with E-state index in [4.69, 9.17) is 17.3 Å². The zero-order chi connectivity index (χ0) is 12.3. The van der Waals surface area contributed by atoms with E-state index in [2.05, 4.69) is 4.99 Å². The van der Waals surface area contributed by atoms with Crippen molar-refractivity contribution >= 4 is 23.1 Å². The Bertz CT molecular complexity index is 544. The fourth-order valence-corrected chi connectivity index (χ4v) is 1.72. The molecule has 0 aromatic heterocycles. The van der Waals surface area contributed by atoms with Crippen molar-refractivity contribution in [3.63, 3.8) is 0 Å². The van der Waals surface area contributed by atoms with Gasteiger partial charge in [0.05, 0.1) is 10.7 Å². The Kier molecular flexibility index (Phi) is 3.45. The molecule has 0 fully saturated rings. The summed E-state index contributed by atoms with van der Waals surface area (Å²) < 4.78 is 0. The van der Waals surface area contributed by atoms with Gasteiger partial charge in [0.1, 0.15) is 5.84 Å². The van der Waals surface area contributed by atoms with Gasteiger partial charge >= 0.3 is 0 Å². The zero-order valence-corrected chi connectivity index (χ0v) is 10.3. The van der Waals surface area contributed by atoms with E-state index in [-0.39, 0.29) is 0 Å². The van der Waals surface area contributed by atoms with Crippen molar-refractivity contribution in [1.29, 1.82) is 0 Å². The highest BCUT2D eigenvalue weighted by atomic mass is 35.5. The van der Waals surface area contributed by atoms with Crippen LogP contribution < -0.4 is 5.73 Å². The molecule has 0 unspecified atom stereocenters. The van der Waals surface area contributed by atoms with Crippen molar-refractivity contribution in [2.24, 2.45) is 10.7 Å². The Morgan fingerprint density at radius 1 is 1.06 bits per heavy atom. The third-order valence-corrected chi connectivity index (χ3v) is 2.76. The first-order valence-electron chi connectivity index (χ1n) is 5.32. The summed E-state index contributed by atoms with van der Waals surface area (Å²) in [4.78, 5) is 4.34. The molecule has 0 saturated carbocycles. The maximum atomic E-state index is 6.05. The molecule has 2 nitrogen and oxygen atoms in total. The SMILES string of the molecule is Cc1ccc(N=C(N)c2ccccc2Cl)cc1. The average Bonchev–Trinajstić information content (AvgIpc) is 2.32. The molecule has 0 amide bonds. The first-order chi connectivity index (χ1) is 8.16. The molecule has 17 heavy (non-hydrogen) atoms. The van der Waals surface area contributed by atoms with Crippen LogP contribution in [0.1, 0.15) is 11.1 Å². The number of rotatable bonds is 2. The van der Waals surface area contributed by atoms with E-state index in [1.165, 1.54) is 5.56 Å². The molecule has 2 aromatic rings. The Hall–Kier alpha value is -1.80. The van der Waals surface area contributed by atoms with E-state index in [1.54, 1.807) is 6.07 Å². The number of aryl methyl sites for hydroxylation is 1. The fraction of sp³-hybridized carbons (Fsp3) is 0.0714. The summed E-state index contributed by atoms with van der Waals surface area (Å²) in [5.41, 5.74) is 8.71. The highest BCUT2D eigenvalue weighted by Gasteiger charge is 2.03. The highest BCUT2D eigenvalue weighted by Crippen LogP contribution is 2.18. The van der Waals surface area contributed by atoms with Crippen molar-refractivity contribution in [2.75, 3.05) is 0 Å². The number of halogens is 1. The summed E-state index contributed by atoms with van der Waals surface area (Å²) in [6.07, 6.45) is 0. The molecule has 0 bridgehead atoms. The fourth-order valence-electron chi connectivity index (χ4n) is 1.49. The average molecular weight is 245 g/mol. The third kappa shape index (κ3) is 2.86. The lowest BCUT2D eigenvalue weighted by Crippen LogP contribution is -2.13. The molecule has 0 aliphatic heterocycles. The zero-order valence-electron chi connectivity index (χ0n) is 9.52. The molecule has 0 heterocycles. The minimum absolute atomic E-state index is 0.430. The predicted octanol–water partition coefficient (Wildman–Crippen LogP) is 3.69. The minimum atomic E-state index is 0.430. The van der Waals surface area contributed by atoms with Gasteiger partial charge in [-0.05, 0) is 31.2 Å². The molecule has 2 aromatic carbocycles. The van der Waals surface area contributed by atoms with Gasteiger partial charge in [-0.25, -0.2) is 4.99 Å². The summed E-state index contributed by atoms with van der Waals surface area (Å²) in [6.45, 7) is 2.03. The summed E-state index contributed by atoms with van der Waals surface area (Å²) >= 11 is 6.05. The standard InChI is InChI=1S/C14H13ClN2/c1-10-6-8-11(9-7-10)17-14(16)12-4-2-3-5-13(12)15/h2-9H,1H3,(H2,16,17). The second-order valence-corrected chi connectivity index (χ2v) is 4.22. The van der Waals surface area contributed by atoms with E-state index in [0.29, 0.717) is 10.9 Å². The van der Waals surface area contributed by atoms with Crippen molar-refractivity contribution in [1.82, 2.24) is 0 Å². The molecular weight excluding hydrogens is 232 g/mol. The van der Waals surface area contributed by atoms with Gasteiger partial charge in [0.2, 0.25) is 0 Å². The van der Waals surface area contributed by atoms with Gasteiger partial charge in [-0.15, -0.1) is 0 Å². The number of hydrogen-bond acceptors (Lipinski definition) is 1. The van der Waals surface area contributed by atoms with E-state index in [9.17, 15) is 0 Å². The van der Waals surface area contributed by atoms with Crippen LogP contribution in [0.5, 0.6) is 0 Å². The first kappa shape index (κ1) is 11.7. The van der Waals surface area contributed by atoms with Crippen molar-refractivity contribution < 1.29 is 0 Å². The Morgan fingerprint density at radius 3 is 2.35 bits per heavy atom. The van der Waals surface area contributed by atoms with E-state index >= 15 is 0 Å². The Labute approximate surface area is 106 Å². The van der Waals surface area contributed by atoms with Crippen LogP contribution in [-0.2, 0) is 0 Å². The number of nitrogens with zero attached hydrogens (tertiary/aromatic N) is 1. The highest BCUT2D eigenvalue weighted by molar-refractivity contribution is 6.34. The second kappa shape index (κ2) is 5.02. The normalized spacial score (nSPS) is 11.5. The lowest BCUT2D eigenvalue weighted by molar-refractivity contribution is 1.41. The lowest BCUT2D eigenvalue weighted by atomic mass is 10.2. The quantitative estimate of drug-likeness (QED) is 0.635. The van der Waals surface area contributed by atoms with Crippen LogP contribution in [0.15, 0.2) is 53.5 Å². The van der Waals surface area contributed by atoms with Crippen molar-refractivity contribution in [3.8, 4) is 0 Å². The van der Waals surface area contributed by atoms with Crippen LogP contribution in [0.3, 0.4) is 0 Å². The molecule has 2 rings (SSSR count). The maximum absolute atomic E-state index is 6.05. The number of nitrogens with two attached hydrogens (primary N) is 1. The molecule has 0 atom stereocenters. The molecule has 86 valence electrons. The number of aliphatic imine (C=N–C) groups is 1. The van der Waals surface area contributed by atoms with E-state index in [1.807, 2.05) is 49.4 Å². The monoisotopic (exact) mass is 244 g/mol. The topological polar surface area (TPSA) is 38.4 Å². The van der Waals surface area contributed by atoms with Crippen molar-refractivity contribution in [2.45, 2.75) is 6.92 Å². The van der Waals surface area contributed by atoms with E-state index < -0.39 is 0 Å². The molecule has 2 N–H and O–H groups in total. The number of hydrogen-bond donors (Lipinski definition) is 1. The third-order valence-electron chi connectivity index (χ3n) is 2.43. The van der Waals surface area contributed by atoms with Gasteiger partial charge in [0, 0.05) is 5.56 Å². The molecule has 0 aliphatic rings. The smallest absolute Gasteiger partial charge is 0.132 e. The molecular formula is C14H13ClN2. The number of amidine groups is 1. The van der Waals surface area contributed by atoms with Gasteiger partial charge in [0.15, 0.2) is 0 Å². The molecule has 0 radical (unpaired) electrons. The van der Waals surface area contributed by atoms with Gasteiger partial charge in [-0.1, -0.05) is 41.4 Å². The van der Waals surface area contributed by atoms with Gasteiger partial charge in [0.25, 0.3) is 0 Å². The summed E-state index contributed by atoms with van der Waals surface area (Å²) in [5, 5.41) is 0.612. The van der Waals surface area contributed by atoms with E-state index in [0.717, 1.165) is 11.3 Å². The minimum Gasteiger partial charge on any atom is -0.383 e.